The Balaban J connectivity index is 1.24. The van der Waals surface area contributed by atoms with E-state index in [2.05, 4.69) is 20.9 Å². The first-order valence-electron chi connectivity index (χ1n) is 13.1. The molecule has 1 aliphatic carbocycles. The average molecular weight is 543 g/mol. The van der Waals surface area contributed by atoms with Crippen LogP contribution in [0, 0.1) is 5.92 Å². The summed E-state index contributed by atoms with van der Waals surface area (Å²) >= 11 is 0. The van der Waals surface area contributed by atoms with Crippen molar-refractivity contribution in [3.8, 4) is 11.3 Å². The second-order valence-corrected chi connectivity index (χ2v) is 9.83. The number of likely N-dealkylation sites (N-methyl/N-ethyl adjacent to an activating group) is 1. The Morgan fingerprint density at radius 2 is 1.70 bits per heavy atom. The number of pyridine rings is 1. The number of carbonyl (C=O) groups excluding carboxylic acids is 4. The predicted octanol–water partition coefficient (Wildman–Crippen LogP) is 3.37. The van der Waals surface area contributed by atoms with Gasteiger partial charge < -0.3 is 30.5 Å². The number of nitrogens with one attached hydrogen (secondary N) is 3. The number of carbonyl (C=O) groups is 4. The van der Waals surface area contributed by atoms with Gasteiger partial charge in [-0.2, -0.15) is 0 Å². The summed E-state index contributed by atoms with van der Waals surface area (Å²) in [6, 6.07) is 12.8. The van der Waals surface area contributed by atoms with Crippen LogP contribution in [0.15, 0.2) is 65.3 Å². The van der Waals surface area contributed by atoms with Crippen LogP contribution in [0.3, 0.4) is 0 Å². The van der Waals surface area contributed by atoms with Crippen molar-refractivity contribution >= 4 is 35.0 Å². The van der Waals surface area contributed by atoms with Gasteiger partial charge in [0.25, 0.3) is 11.8 Å². The first kappa shape index (κ1) is 26.7. The highest BCUT2D eigenvalue weighted by Gasteiger charge is 2.31. The van der Waals surface area contributed by atoms with E-state index in [0.29, 0.717) is 28.2 Å². The minimum absolute atomic E-state index is 0.100. The lowest BCUT2D eigenvalue weighted by molar-refractivity contribution is -0.124. The average Bonchev–Trinajstić information content (AvgIpc) is 3.64. The number of imidazole rings is 1. The number of aromatic nitrogens is 2. The SMILES string of the molecule is CNC(=O)C(NC(=O)c1ccc(-c2ccc(NC(=O)c3cn4cc(C(N)=O)ccc4n3)cc2)o1)C1CCCCC1. The predicted molar refractivity (Wildman–Crippen MR) is 148 cm³/mol. The van der Waals surface area contributed by atoms with E-state index in [0.717, 1.165) is 32.1 Å². The smallest absolute Gasteiger partial charge is 0.287 e. The molecule has 4 amide bonds. The second-order valence-electron chi connectivity index (χ2n) is 9.83. The third-order valence-corrected chi connectivity index (χ3v) is 7.16. The molecule has 0 aliphatic heterocycles. The van der Waals surface area contributed by atoms with E-state index in [9.17, 15) is 19.2 Å². The van der Waals surface area contributed by atoms with Crippen molar-refractivity contribution < 1.29 is 23.6 Å². The van der Waals surface area contributed by atoms with Gasteiger partial charge in [-0.15, -0.1) is 0 Å². The van der Waals surface area contributed by atoms with Crippen molar-refractivity contribution in [2.24, 2.45) is 11.7 Å². The Bertz CT molecular complexity index is 1570. The molecule has 40 heavy (non-hydrogen) atoms. The monoisotopic (exact) mass is 542 g/mol. The fraction of sp³-hybridized carbons (Fsp3) is 0.276. The molecule has 1 fully saturated rings. The van der Waals surface area contributed by atoms with Crippen molar-refractivity contribution in [1.82, 2.24) is 20.0 Å². The second kappa shape index (κ2) is 11.4. The molecule has 3 heterocycles. The van der Waals surface area contributed by atoms with Gasteiger partial charge in [0.2, 0.25) is 11.8 Å². The maximum Gasteiger partial charge on any atom is 0.287 e. The highest BCUT2D eigenvalue weighted by molar-refractivity contribution is 6.03. The van der Waals surface area contributed by atoms with Gasteiger partial charge in [-0.25, -0.2) is 4.98 Å². The molecular formula is C29H30N6O5. The molecule has 1 unspecified atom stereocenters. The molecule has 1 atom stereocenters. The van der Waals surface area contributed by atoms with Crippen LogP contribution in [0.2, 0.25) is 0 Å². The molecule has 5 N–H and O–H groups in total. The third kappa shape index (κ3) is 5.73. The summed E-state index contributed by atoms with van der Waals surface area (Å²) in [5.41, 5.74) is 7.54. The molecule has 0 saturated heterocycles. The van der Waals surface area contributed by atoms with Crippen molar-refractivity contribution in [2.45, 2.75) is 38.1 Å². The molecular weight excluding hydrogens is 512 g/mol. The summed E-state index contributed by atoms with van der Waals surface area (Å²) in [5.74, 6) is -0.945. The van der Waals surface area contributed by atoms with Gasteiger partial charge in [0.15, 0.2) is 5.76 Å². The minimum atomic E-state index is -0.604. The highest BCUT2D eigenvalue weighted by atomic mass is 16.4. The Morgan fingerprint density at radius 3 is 2.40 bits per heavy atom. The first-order valence-corrected chi connectivity index (χ1v) is 13.1. The fourth-order valence-corrected chi connectivity index (χ4v) is 5.01. The van der Waals surface area contributed by atoms with Crippen LogP contribution < -0.4 is 21.7 Å². The van der Waals surface area contributed by atoms with E-state index >= 15 is 0 Å². The van der Waals surface area contributed by atoms with E-state index in [4.69, 9.17) is 10.2 Å². The van der Waals surface area contributed by atoms with Gasteiger partial charge >= 0.3 is 0 Å². The van der Waals surface area contributed by atoms with Crippen LogP contribution in [0.4, 0.5) is 5.69 Å². The summed E-state index contributed by atoms with van der Waals surface area (Å²) in [7, 11) is 1.57. The zero-order valence-corrected chi connectivity index (χ0v) is 22.0. The fourth-order valence-electron chi connectivity index (χ4n) is 5.01. The normalized spacial score (nSPS) is 14.4. The number of hydrogen-bond donors (Lipinski definition) is 4. The van der Waals surface area contributed by atoms with Crippen LogP contribution in [-0.4, -0.2) is 46.1 Å². The number of primary amides is 1. The van der Waals surface area contributed by atoms with Crippen molar-refractivity contribution in [1.29, 1.82) is 0 Å². The summed E-state index contributed by atoms with van der Waals surface area (Å²) in [5, 5.41) is 8.30. The van der Waals surface area contributed by atoms with Crippen LogP contribution in [-0.2, 0) is 4.79 Å². The number of anilines is 1. The number of furan rings is 1. The maximum atomic E-state index is 12.9. The number of amides is 4. The van der Waals surface area contributed by atoms with E-state index in [1.54, 1.807) is 60.0 Å². The number of hydrogen-bond acceptors (Lipinski definition) is 6. The van der Waals surface area contributed by atoms with Gasteiger partial charge in [0.1, 0.15) is 23.1 Å². The quantitative estimate of drug-likeness (QED) is 0.267. The lowest BCUT2D eigenvalue weighted by Gasteiger charge is -2.29. The largest absolute Gasteiger partial charge is 0.451 e. The molecule has 11 heteroatoms. The van der Waals surface area contributed by atoms with E-state index in [1.165, 1.54) is 12.4 Å². The van der Waals surface area contributed by atoms with Crippen molar-refractivity contribution in [3.05, 3.63) is 77.9 Å². The molecule has 5 rings (SSSR count). The van der Waals surface area contributed by atoms with Gasteiger partial charge in [-0.05, 0) is 67.3 Å². The van der Waals surface area contributed by atoms with Gasteiger partial charge in [0.05, 0.1) is 5.56 Å². The Morgan fingerprint density at radius 1 is 0.950 bits per heavy atom. The molecule has 0 bridgehead atoms. The van der Waals surface area contributed by atoms with Crippen LogP contribution in [0.1, 0.15) is 63.5 Å². The van der Waals surface area contributed by atoms with E-state index in [1.807, 2.05) is 0 Å². The van der Waals surface area contributed by atoms with Crippen LogP contribution in [0.5, 0.6) is 0 Å². The zero-order chi connectivity index (χ0) is 28.2. The molecule has 11 nitrogen and oxygen atoms in total. The number of rotatable bonds is 8. The summed E-state index contributed by atoms with van der Waals surface area (Å²) < 4.78 is 7.37. The Labute approximate surface area is 230 Å². The van der Waals surface area contributed by atoms with E-state index in [-0.39, 0.29) is 23.3 Å². The number of benzene rings is 1. The Kier molecular flexibility index (Phi) is 7.63. The zero-order valence-electron chi connectivity index (χ0n) is 22.0. The lowest BCUT2D eigenvalue weighted by Crippen LogP contribution is -2.50. The van der Waals surface area contributed by atoms with Gasteiger partial charge in [-0.1, -0.05) is 19.3 Å². The Hall–Kier alpha value is -4.93. The summed E-state index contributed by atoms with van der Waals surface area (Å²) in [6.45, 7) is 0. The van der Waals surface area contributed by atoms with Gasteiger partial charge in [-0.3, -0.25) is 19.2 Å². The minimum Gasteiger partial charge on any atom is -0.451 e. The van der Waals surface area contributed by atoms with Crippen LogP contribution >= 0.6 is 0 Å². The van der Waals surface area contributed by atoms with Crippen molar-refractivity contribution in [3.63, 3.8) is 0 Å². The highest BCUT2D eigenvalue weighted by Crippen LogP contribution is 2.28. The molecule has 0 radical (unpaired) electrons. The van der Waals surface area contributed by atoms with Crippen molar-refractivity contribution in [2.75, 3.05) is 12.4 Å². The number of nitrogens with two attached hydrogens (primary N) is 1. The topological polar surface area (TPSA) is 161 Å². The standard InChI is InChI=1S/C29H30N6O5/c1-31-29(39)25(18-5-3-2-4-6-18)34-28(38)23-13-12-22(40-23)17-7-10-20(11-8-17)32-27(37)21-16-35-15-19(26(30)36)9-14-24(35)33-21/h7-16,18,25H,2-6H2,1H3,(H2,30,36)(H,31,39)(H,32,37)(H,34,38). The van der Waals surface area contributed by atoms with E-state index < -0.39 is 23.8 Å². The molecule has 0 spiro atoms. The maximum absolute atomic E-state index is 12.9. The molecule has 1 aromatic carbocycles. The lowest BCUT2D eigenvalue weighted by atomic mass is 9.83. The molecule has 206 valence electrons. The summed E-state index contributed by atoms with van der Waals surface area (Å²) in [6.07, 6.45) is 8.08. The third-order valence-electron chi connectivity index (χ3n) is 7.16. The number of nitrogens with zero attached hydrogens (tertiary/aromatic N) is 2. The first-order chi connectivity index (χ1) is 19.3. The molecule has 3 aromatic heterocycles. The molecule has 4 aromatic rings. The van der Waals surface area contributed by atoms with Crippen LogP contribution in [0.25, 0.3) is 17.0 Å². The molecule has 1 saturated carbocycles. The number of fused-ring (bicyclic) bond motifs is 1. The molecule has 1 aliphatic rings. The van der Waals surface area contributed by atoms with Gasteiger partial charge in [0, 0.05) is 30.7 Å². The summed E-state index contributed by atoms with van der Waals surface area (Å²) in [4.78, 5) is 53.8.